The second-order valence-corrected chi connectivity index (χ2v) is 3.34. The molecule has 0 fully saturated rings. The van der Waals surface area contributed by atoms with Gasteiger partial charge < -0.3 is 20.4 Å². The fourth-order valence-corrected chi connectivity index (χ4v) is 0.736. The number of carbonyl (C=O) groups is 3. The van der Waals surface area contributed by atoms with Gasteiger partial charge in [0.15, 0.2) is 5.60 Å². The molecule has 0 aromatic carbocycles. The normalized spacial score (nSPS) is 13.4. The zero-order valence-electron chi connectivity index (χ0n) is 9.58. The van der Waals surface area contributed by atoms with E-state index in [1.54, 1.807) is 0 Å². The number of hydrogen-bond acceptors (Lipinski definition) is 4. The Morgan fingerprint density at radius 2 is 1.41 bits per heavy atom. The molecule has 98 valence electrons. The van der Waals surface area contributed by atoms with Crippen LogP contribution in [0.2, 0.25) is 0 Å². The fraction of sp³-hybridized carbons (Fsp3) is 0.500. The summed E-state index contributed by atoms with van der Waals surface area (Å²) in [6.45, 7) is 3.14. The summed E-state index contributed by atoms with van der Waals surface area (Å²) in [7, 11) is 0. The summed E-state index contributed by atoms with van der Waals surface area (Å²) in [6, 6.07) is 0. The average molecular weight is 248 g/mol. The van der Waals surface area contributed by atoms with E-state index in [2.05, 4.69) is 0 Å². The van der Waals surface area contributed by atoms with Crippen LogP contribution in [0.25, 0.3) is 0 Å². The molecule has 0 radical (unpaired) electrons. The van der Waals surface area contributed by atoms with Crippen LogP contribution in [-0.2, 0) is 14.4 Å². The second kappa shape index (κ2) is 8.28. The zero-order chi connectivity index (χ0) is 14.1. The second-order valence-electron chi connectivity index (χ2n) is 3.34. The summed E-state index contributed by atoms with van der Waals surface area (Å²) in [5.41, 5.74) is -1.53. The summed E-state index contributed by atoms with van der Waals surface area (Å²) in [5.74, 6) is -3.66. The van der Waals surface area contributed by atoms with Gasteiger partial charge in [-0.3, -0.25) is 0 Å². The highest BCUT2D eigenvalue weighted by Gasteiger charge is 2.27. The van der Waals surface area contributed by atoms with E-state index < -0.39 is 23.5 Å². The lowest BCUT2D eigenvalue weighted by atomic mass is 10.0. The van der Waals surface area contributed by atoms with Gasteiger partial charge in [-0.1, -0.05) is 13.3 Å². The van der Waals surface area contributed by atoms with Crippen molar-refractivity contribution in [2.45, 2.75) is 32.3 Å². The maximum absolute atomic E-state index is 10.2. The Labute approximate surface area is 98.0 Å². The van der Waals surface area contributed by atoms with Crippen LogP contribution in [0.1, 0.15) is 26.7 Å². The van der Waals surface area contributed by atoms with E-state index in [0.29, 0.717) is 25.0 Å². The summed E-state index contributed by atoms with van der Waals surface area (Å²) < 4.78 is 0. The number of carboxylic acids is 3. The molecular weight excluding hydrogens is 232 g/mol. The monoisotopic (exact) mass is 248 g/mol. The number of aliphatic hydroxyl groups is 1. The third kappa shape index (κ3) is 12.0. The first kappa shape index (κ1) is 17.5. The molecule has 0 bridgehead atoms. The van der Waals surface area contributed by atoms with Crippen molar-refractivity contribution in [1.29, 1.82) is 0 Å². The largest absolute Gasteiger partial charge is 0.479 e. The maximum Gasteiger partial charge on any atom is 0.335 e. The first-order chi connectivity index (χ1) is 7.63. The van der Waals surface area contributed by atoms with Crippen LogP contribution < -0.4 is 0 Å². The van der Waals surface area contributed by atoms with Gasteiger partial charge >= 0.3 is 17.9 Å². The Balaban J connectivity index is 0. The molecule has 0 amide bonds. The standard InChI is InChI=1S/C6H12O3.C4H4O4/c1-3-4-6(2,9)5(7)8;5-3(6)1-2-4(7)8/h9H,3-4H2,1-2H3,(H,7,8);1-2H,(H,5,6)(H,7,8)/b;2-1-. The lowest BCUT2D eigenvalue weighted by Gasteiger charge is -2.15. The lowest BCUT2D eigenvalue weighted by Crippen LogP contribution is -2.34. The Kier molecular flexibility index (Phi) is 8.53. The fourth-order valence-electron chi connectivity index (χ4n) is 0.736. The molecule has 0 rings (SSSR count). The van der Waals surface area contributed by atoms with Gasteiger partial charge in [0.2, 0.25) is 0 Å². The third-order valence-corrected chi connectivity index (χ3v) is 1.57. The van der Waals surface area contributed by atoms with Crippen LogP contribution in [-0.4, -0.2) is 43.9 Å². The molecule has 7 nitrogen and oxygen atoms in total. The number of aliphatic carboxylic acids is 3. The summed E-state index contributed by atoms with van der Waals surface area (Å²) in [5, 5.41) is 32.9. The molecular formula is C10H16O7. The summed E-state index contributed by atoms with van der Waals surface area (Å²) in [6.07, 6.45) is 2.10. The lowest BCUT2D eigenvalue weighted by molar-refractivity contribution is -0.157. The first-order valence-corrected chi connectivity index (χ1v) is 4.73. The molecule has 0 aliphatic heterocycles. The van der Waals surface area contributed by atoms with E-state index in [9.17, 15) is 14.4 Å². The van der Waals surface area contributed by atoms with Crippen molar-refractivity contribution >= 4 is 17.9 Å². The van der Waals surface area contributed by atoms with E-state index >= 15 is 0 Å². The van der Waals surface area contributed by atoms with Crippen molar-refractivity contribution in [2.75, 3.05) is 0 Å². The zero-order valence-corrected chi connectivity index (χ0v) is 9.58. The Hall–Kier alpha value is -1.89. The highest BCUT2D eigenvalue weighted by molar-refractivity contribution is 5.89. The molecule has 0 aliphatic carbocycles. The Morgan fingerprint density at radius 3 is 1.53 bits per heavy atom. The van der Waals surface area contributed by atoms with Gasteiger partial charge in [-0.25, -0.2) is 14.4 Å². The van der Waals surface area contributed by atoms with Crippen LogP contribution in [0, 0.1) is 0 Å². The van der Waals surface area contributed by atoms with Gasteiger partial charge in [0.05, 0.1) is 0 Å². The highest BCUT2D eigenvalue weighted by atomic mass is 16.4. The molecule has 7 heteroatoms. The molecule has 0 heterocycles. The van der Waals surface area contributed by atoms with Crippen LogP contribution in [0.15, 0.2) is 12.2 Å². The molecule has 0 aromatic rings. The number of carboxylic acid groups (broad SMARTS) is 3. The molecule has 0 aromatic heterocycles. The third-order valence-electron chi connectivity index (χ3n) is 1.57. The van der Waals surface area contributed by atoms with Gasteiger partial charge in [-0.2, -0.15) is 0 Å². The van der Waals surface area contributed by atoms with Crippen LogP contribution in [0.4, 0.5) is 0 Å². The van der Waals surface area contributed by atoms with Gasteiger partial charge in [0.25, 0.3) is 0 Å². The SMILES string of the molecule is CCCC(C)(O)C(=O)O.O=C(O)/C=C\C(=O)O. The maximum atomic E-state index is 10.2. The minimum Gasteiger partial charge on any atom is -0.479 e. The van der Waals surface area contributed by atoms with E-state index in [4.69, 9.17) is 20.4 Å². The molecule has 17 heavy (non-hydrogen) atoms. The van der Waals surface area contributed by atoms with Crippen LogP contribution >= 0.6 is 0 Å². The quantitative estimate of drug-likeness (QED) is 0.515. The van der Waals surface area contributed by atoms with Crippen molar-refractivity contribution in [3.05, 3.63) is 12.2 Å². The van der Waals surface area contributed by atoms with Crippen molar-refractivity contribution < 1.29 is 34.8 Å². The van der Waals surface area contributed by atoms with Gasteiger partial charge in [0.1, 0.15) is 0 Å². The molecule has 0 spiro atoms. The molecule has 0 aliphatic rings. The molecule has 1 unspecified atom stereocenters. The number of hydrogen-bond donors (Lipinski definition) is 4. The van der Waals surface area contributed by atoms with E-state index in [1.165, 1.54) is 6.92 Å². The van der Waals surface area contributed by atoms with Gasteiger partial charge in [-0.05, 0) is 13.3 Å². The predicted molar refractivity (Wildman–Crippen MR) is 57.6 cm³/mol. The first-order valence-electron chi connectivity index (χ1n) is 4.73. The van der Waals surface area contributed by atoms with Crippen molar-refractivity contribution in [3.8, 4) is 0 Å². The molecule has 0 saturated heterocycles. The smallest absolute Gasteiger partial charge is 0.335 e. The topological polar surface area (TPSA) is 132 Å². The van der Waals surface area contributed by atoms with Crippen LogP contribution in [0.3, 0.4) is 0 Å². The van der Waals surface area contributed by atoms with Crippen LogP contribution in [0.5, 0.6) is 0 Å². The Morgan fingerprint density at radius 1 is 1.06 bits per heavy atom. The minimum atomic E-state index is -1.53. The molecule has 4 N–H and O–H groups in total. The minimum absolute atomic E-state index is 0.308. The molecule has 0 saturated carbocycles. The Bertz CT molecular complexity index is 288. The van der Waals surface area contributed by atoms with Gasteiger partial charge in [-0.15, -0.1) is 0 Å². The van der Waals surface area contributed by atoms with Crippen molar-refractivity contribution in [3.63, 3.8) is 0 Å². The van der Waals surface area contributed by atoms with Gasteiger partial charge in [0, 0.05) is 12.2 Å². The van der Waals surface area contributed by atoms with Crippen molar-refractivity contribution in [2.24, 2.45) is 0 Å². The molecule has 1 atom stereocenters. The van der Waals surface area contributed by atoms with E-state index in [1.807, 2.05) is 6.92 Å². The average Bonchev–Trinajstić information content (AvgIpc) is 2.15. The number of rotatable bonds is 5. The predicted octanol–water partition coefficient (Wildman–Crippen LogP) is 0.334. The summed E-state index contributed by atoms with van der Waals surface area (Å²) in [4.78, 5) is 29.3. The van der Waals surface area contributed by atoms with E-state index in [-0.39, 0.29) is 0 Å². The summed E-state index contributed by atoms with van der Waals surface area (Å²) >= 11 is 0. The highest BCUT2D eigenvalue weighted by Crippen LogP contribution is 2.10. The van der Waals surface area contributed by atoms with Crippen molar-refractivity contribution in [1.82, 2.24) is 0 Å². The van der Waals surface area contributed by atoms with E-state index in [0.717, 1.165) is 0 Å².